The molecule has 0 aliphatic heterocycles. The standard InChI is InChI=1S/C16H10F5N3O2S/c17-8-2-1-3-9(18)14(8)10-6-22-13(26-10)5-4-12(25)24-15-23-11(7-27-15)16(19,20)21/h1-3,6-7H,4-5H2,(H,23,24,25). The molecule has 0 aliphatic rings. The first-order chi connectivity index (χ1) is 12.7. The number of carbonyl (C=O) groups excluding carboxylic acids is 1. The maximum atomic E-state index is 13.7. The molecule has 0 aliphatic carbocycles. The molecule has 0 fully saturated rings. The van der Waals surface area contributed by atoms with Crippen LogP contribution < -0.4 is 5.32 Å². The number of nitrogens with one attached hydrogen (secondary N) is 1. The Morgan fingerprint density at radius 1 is 1.22 bits per heavy atom. The smallest absolute Gasteiger partial charge is 0.434 e. The molecule has 5 nitrogen and oxygen atoms in total. The third-order valence-corrected chi connectivity index (χ3v) is 4.13. The van der Waals surface area contributed by atoms with Gasteiger partial charge in [0, 0.05) is 18.2 Å². The Morgan fingerprint density at radius 3 is 2.56 bits per heavy atom. The van der Waals surface area contributed by atoms with Crippen molar-refractivity contribution < 1.29 is 31.2 Å². The van der Waals surface area contributed by atoms with Crippen LogP contribution in [0, 0.1) is 11.6 Å². The Morgan fingerprint density at radius 2 is 1.93 bits per heavy atom. The molecule has 1 N–H and O–H groups in total. The zero-order valence-electron chi connectivity index (χ0n) is 13.3. The number of alkyl halides is 3. The molecule has 0 radical (unpaired) electrons. The van der Waals surface area contributed by atoms with Gasteiger partial charge < -0.3 is 9.73 Å². The topological polar surface area (TPSA) is 68.0 Å². The van der Waals surface area contributed by atoms with Crippen molar-refractivity contribution in [1.82, 2.24) is 9.97 Å². The minimum Gasteiger partial charge on any atom is -0.441 e. The van der Waals surface area contributed by atoms with E-state index in [0.29, 0.717) is 11.3 Å². The van der Waals surface area contributed by atoms with E-state index in [9.17, 15) is 26.7 Å². The number of oxazole rings is 1. The monoisotopic (exact) mass is 403 g/mol. The number of rotatable bonds is 5. The van der Waals surface area contributed by atoms with Crippen molar-refractivity contribution in [1.29, 1.82) is 0 Å². The number of aromatic nitrogens is 2. The maximum absolute atomic E-state index is 13.7. The van der Waals surface area contributed by atoms with Gasteiger partial charge in [0.15, 0.2) is 22.5 Å². The van der Waals surface area contributed by atoms with Gasteiger partial charge in [-0.05, 0) is 12.1 Å². The largest absolute Gasteiger partial charge is 0.441 e. The Kier molecular flexibility index (Phi) is 5.22. The zero-order chi connectivity index (χ0) is 19.6. The van der Waals surface area contributed by atoms with Gasteiger partial charge in [-0.1, -0.05) is 6.07 Å². The fourth-order valence-corrected chi connectivity index (χ4v) is 2.87. The summed E-state index contributed by atoms with van der Waals surface area (Å²) in [6, 6.07) is 3.34. The fraction of sp³-hybridized carbons (Fsp3) is 0.188. The van der Waals surface area contributed by atoms with E-state index >= 15 is 0 Å². The van der Waals surface area contributed by atoms with Crippen molar-refractivity contribution in [2.45, 2.75) is 19.0 Å². The van der Waals surface area contributed by atoms with Crippen molar-refractivity contribution in [2.75, 3.05) is 5.32 Å². The number of aryl methyl sites for hydroxylation is 1. The van der Waals surface area contributed by atoms with Crippen LogP contribution in [0.25, 0.3) is 11.3 Å². The van der Waals surface area contributed by atoms with Crippen LogP contribution in [0.2, 0.25) is 0 Å². The summed E-state index contributed by atoms with van der Waals surface area (Å²) in [7, 11) is 0. The third kappa shape index (κ3) is 4.48. The lowest BCUT2D eigenvalue weighted by molar-refractivity contribution is -0.140. The number of thiazole rings is 1. The summed E-state index contributed by atoms with van der Waals surface area (Å²) in [6.07, 6.45) is -3.64. The lowest BCUT2D eigenvalue weighted by Crippen LogP contribution is -2.13. The lowest BCUT2D eigenvalue weighted by atomic mass is 10.1. The highest BCUT2D eigenvalue weighted by atomic mass is 32.1. The SMILES string of the molecule is O=C(CCc1ncc(-c2c(F)cccc2F)o1)Nc1nc(C(F)(F)F)cs1. The summed E-state index contributed by atoms with van der Waals surface area (Å²) in [4.78, 5) is 18.9. The van der Waals surface area contributed by atoms with Crippen LogP contribution in [0.4, 0.5) is 27.1 Å². The van der Waals surface area contributed by atoms with Crippen LogP contribution >= 0.6 is 11.3 Å². The van der Waals surface area contributed by atoms with Crippen molar-refractivity contribution in [3.8, 4) is 11.3 Å². The molecular weight excluding hydrogens is 393 g/mol. The average molecular weight is 403 g/mol. The second-order valence-electron chi connectivity index (χ2n) is 5.30. The molecule has 1 amide bonds. The van der Waals surface area contributed by atoms with Gasteiger partial charge in [-0.25, -0.2) is 18.7 Å². The van der Waals surface area contributed by atoms with Crippen molar-refractivity contribution in [2.24, 2.45) is 0 Å². The fourth-order valence-electron chi connectivity index (χ4n) is 2.14. The Balaban J connectivity index is 1.60. The van der Waals surface area contributed by atoms with Crippen molar-refractivity contribution in [3.63, 3.8) is 0 Å². The van der Waals surface area contributed by atoms with Crippen molar-refractivity contribution in [3.05, 3.63) is 53.0 Å². The third-order valence-electron chi connectivity index (χ3n) is 3.37. The quantitative estimate of drug-likeness (QED) is 0.629. The van der Waals surface area contributed by atoms with Crippen LogP contribution in [0.15, 0.2) is 34.2 Å². The second-order valence-corrected chi connectivity index (χ2v) is 6.16. The summed E-state index contributed by atoms with van der Waals surface area (Å²) >= 11 is 0.646. The van der Waals surface area contributed by atoms with Gasteiger partial charge >= 0.3 is 6.18 Å². The molecule has 2 heterocycles. The van der Waals surface area contributed by atoms with E-state index in [1.165, 1.54) is 6.07 Å². The number of anilines is 1. The molecule has 0 spiro atoms. The van der Waals surface area contributed by atoms with E-state index in [0.717, 1.165) is 23.7 Å². The second kappa shape index (κ2) is 7.43. The molecule has 2 aromatic heterocycles. The number of hydrogen-bond donors (Lipinski definition) is 1. The van der Waals surface area contributed by atoms with E-state index in [4.69, 9.17) is 4.42 Å². The molecule has 3 aromatic rings. The van der Waals surface area contributed by atoms with Gasteiger partial charge in [-0.2, -0.15) is 13.2 Å². The molecule has 142 valence electrons. The van der Waals surface area contributed by atoms with Gasteiger partial charge in [-0.15, -0.1) is 11.3 Å². The van der Waals surface area contributed by atoms with Crippen LogP contribution in [-0.4, -0.2) is 15.9 Å². The highest BCUT2D eigenvalue weighted by Gasteiger charge is 2.33. The Bertz CT molecular complexity index is 947. The van der Waals surface area contributed by atoms with E-state index in [2.05, 4.69) is 15.3 Å². The summed E-state index contributed by atoms with van der Waals surface area (Å²) in [5, 5.41) is 2.84. The van der Waals surface area contributed by atoms with Crippen LogP contribution in [-0.2, 0) is 17.4 Å². The van der Waals surface area contributed by atoms with Crippen molar-refractivity contribution >= 4 is 22.4 Å². The average Bonchev–Trinajstić information content (AvgIpc) is 3.22. The van der Waals surface area contributed by atoms with Crippen LogP contribution in [0.5, 0.6) is 0 Å². The van der Waals surface area contributed by atoms with E-state index < -0.39 is 29.4 Å². The van der Waals surface area contributed by atoms with E-state index in [-0.39, 0.29) is 35.2 Å². The van der Waals surface area contributed by atoms with Gasteiger partial charge in [0.25, 0.3) is 0 Å². The molecule has 11 heteroatoms. The summed E-state index contributed by atoms with van der Waals surface area (Å²) in [5.41, 5.74) is -1.46. The Hall–Kier alpha value is -2.82. The van der Waals surface area contributed by atoms with Crippen LogP contribution in [0.3, 0.4) is 0 Å². The highest BCUT2D eigenvalue weighted by molar-refractivity contribution is 7.13. The van der Waals surface area contributed by atoms with Gasteiger partial charge in [0.05, 0.1) is 11.8 Å². The summed E-state index contributed by atoms with van der Waals surface area (Å²) < 4.78 is 70.1. The minimum absolute atomic E-state index is 0.0145. The molecule has 0 saturated heterocycles. The van der Waals surface area contributed by atoms with Gasteiger partial charge in [0.1, 0.15) is 11.6 Å². The van der Waals surface area contributed by atoms with Gasteiger partial charge in [-0.3, -0.25) is 4.79 Å². The molecule has 0 unspecified atom stereocenters. The van der Waals surface area contributed by atoms with E-state index in [1.807, 2.05) is 0 Å². The Labute approximate surface area is 152 Å². The first-order valence-corrected chi connectivity index (χ1v) is 8.33. The molecular formula is C16H10F5N3O2S. The minimum atomic E-state index is -4.59. The molecule has 1 aromatic carbocycles. The number of benzene rings is 1. The first kappa shape index (κ1) is 19.0. The maximum Gasteiger partial charge on any atom is 0.434 e. The highest BCUT2D eigenvalue weighted by Crippen LogP contribution is 2.31. The summed E-state index contributed by atoms with van der Waals surface area (Å²) in [6.45, 7) is 0. The normalized spacial score (nSPS) is 11.6. The van der Waals surface area contributed by atoms with Crippen LogP contribution in [0.1, 0.15) is 18.0 Å². The number of hydrogen-bond acceptors (Lipinski definition) is 5. The first-order valence-electron chi connectivity index (χ1n) is 7.45. The van der Waals surface area contributed by atoms with E-state index in [1.54, 1.807) is 0 Å². The number of halogens is 5. The molecule has 0 bridgehead atoms. The van der Waals surface area contributed by atoms with Gasteiger partial charge in [0.2, 0.25) is 5.91 Å². The molecule has 27 heavy (non-hydrogen) atoms. The predicted octanol–water partition coefficient (Wildman–Crippen LogP) is 4.67. The molecule has 3 rings (SSSR count). The number of carbonyl (C=O) groups is 1. The lowest BCUT2D eigenvalue weighted by Gasteiger charge is -2.02. The zero-order valence-corrected chi connectivity index (χ0v) is 14.1. The predicted molar refractivity (Wildman–Crippen MR) is 85.9 cm³/mol. The number of nitrogens with zero attached hydrogens (tertiary/aromatic N) is 2. The summed E-state index contributed by atoms with van der Waals surface area (Å²) in [5.74, 6) is -2.32. The molecule has 0 atom stereocenters. The molecule has 0 saturated carbocycles. The number of amides is 1.